The summed E-state index contributed by atoms with van der Waals surface area (Å²) in [5, 5.41) is 0. The van der Waals surface area contributed by atoms with Crippen LogP contribution in [0.25, 0.3) is 0 Å². The van der Waals surface area contributed by atoms with Gasteiger partial charge < -0.3 is 18.9 Å². The zero-order chi connectivity index (χ0) is 13.2. The Morgan fingerprint density at radius 3 is 1.68 bits per heavy atom. The van der Waals surface area contributed by atoms with E-state index in [9.17, 15) is 9.59 Å². The zero-order valence-electron chi connectivity index (χ0n) is 10.7. The van der Waals surface area contributed by atoms with E-state index in [0.29, 0.717) is 39.3 Å². The Hall–Kier alpha value is -1.14. The fourth-order valence-electron chi connectivity index (χ4n) is 2.42. The summed E-state index contributed by atoms with van der Waals surface area (Å²) >= 11 is 0. The number of rotatable bonds is 6. The second-order valence-electron chi connectivity index (χ2n) is 5.31. The molecule has 0 spiro atoms. The third-order valence-electron chi connectivity index (χ3n) is 3.75. The third-order valence-corrected chi connectivity index (χ3v) is 3.75. The fourth-order valence-corrected chi connectivity index (χ4v) is 2.42. The van der Waals surface area contributed by atoms with Crippen molar-refractivity contribution in [1.82, 2.24) is 0 Å². The summed E-state index contributed by atoms with van der Waals surface area (Å²) in [6, 6.07) is 0. The molecule has 6 nitrogen and oxygen atoms in total. The molecule has 3 rings (SSSR count). The second kappa shape index (κ2) is 5.46. The first-order valence-electron chi connectivity index (χ1n) is 6.80. The summed E-state index contributed by atoms with van der Waals surface area (Å²) in [7, 11) is 0. The largest absolute Gasteiger partial charge is 0.463 e. The van der Waals surface area contributed by atoms with Gasteiger partial charge in [-0.15, -0.1) is 0 Å². The molecule has 6 heteroatoms. The van der Waals surface area contributed by atoms with Crippen LogP contribution in [0.2, 0.25) is 0 Å². The highest BCUT2D eigenvalue weighted by atomic mass is 16.6. The first-order chi connectivity index (χ1) is 9.24. The predicted octanol–water partition coefficient (Wildman–Crippen LogP) is 0.287. The van der Waals surface area contributed by atoms with Crippen molar-refractivity contribution < 1.29 is 28.5 Å². The van der Waals surface area contributed by atoms with Crippen LogP contribution in [-0.4, -0.2) is 50.6 Å². The van der Waals surface area contributed by atoms with Crippen molar-refractivity contribution in [3.63, 3.8) is 0 Å². The van der Waals surface area contributed by atoms with E-state index in [4.69, 9.17) is 18.9 Å². The second-order valence-corrected chi connectivity index (χ2v) is 5.31. The molecule has 4 unspecified atom stereocenters. The fraction of sp³-hybridized carbons (Fsp3) is 0.846. The standard InChI is InChI=1S/C13H18O6/c14-12(18-6-8-4-16-8)10-2-1-3-11(10)13(15)19-7-9-5-17-9/h8-11H,1-7H2. The van der Waals surface area contributed by atoms with Gasteiger partial charge in [-0.1, -0.05) is 6.42 Å². The summed E-state index contributed by atoms with van der Waals surface area (Å²) < 4.78 is 20.3. The Kier molecular flexibility index (Phi) is 3.70. The molecule has 0 aromatic rings. The molecular weight excluding hydrogens is 252 g/mol. The first kappa shape index (κ1) is 12.9. The number of esters is 2. The minimum absolute atomic E-state index is 0.0581. The predicted molar refractivity (Wildman–Crippen MR) is 62.2 cm³/mol. The molecule has 0 aromatic carbocycles. The lowest BCUT2D eigenvalue weighted by atomic mass is 9.96. The Morgan fingerprint density at radius 2 is 1.32 bits per heavy atom. The van der Waals surface area contributed by atoms with Crippen LogP contribution >= 0.6 is 0 Å². The van der Waals surface area contributed by atoms with Crippen molar-refractivity contribution in [3.8, 4) is 0 Å². The molecule has 0 amide bonds. The first-order valence-corrected chi connectivity index (χ1v) is 6.80. The number of hydrogen-bond donors (Lipinski definition) is 0. The summed E-state index contributed by atoms with van der Waals surface area (Å²) in [5.41, 5.74) is 0. The maximum Gasteiger partial charge on any atom is 0.309 e. The lowest BCUT2D eigenvalue weighted by molar-refractivity contribution is -0.159. The van der Waals surface area contributed by atoms with Crippen LogP contribution in [0.4, 0.5) is 0 Å². The molecule has 1 aliphatic carbocycles. The van der Waals surface area contributed by atoms with Crippen molar-refractivity contribution in [3.05, 3.63) is 0 Å². The van der Waals surface area contributed by atoms with Gasteiger partial charge in [-0.3, -0.25) is 9.59 Å². The van der Waals surface area contributed by atoms with E-state index >= 15 is 0 Å². The van der Waals surface area contributed by atoms with Crippen LogP contribution in [0.5, 0.6) is 0 Å². The summed E-state index contributed by atoms with van der Waals surface area (Å²) in [6.45, 7) is 1.91. The molecule has 3 fully saturated rings. The van der Waals surface area contributed by atoms with Crippen LogP contribution in [0, 0.1) is 11.8 Å². The monoisotopic (exact) mass is 270 g/mol. The molecule has 0 radical (unpaired) electrons. The molecule has 0 aromatic heterocycles. The molecule has 106 valence electrons. The SMILES string of the molecule is O=C(OCC1CO1)C1CCCC1C(=O)OCC1CO1. The van der Waals surface area contributed by atoms with E-state index in [1.807, 2.05) is 0 Å². The Bertz CT molecular complexity index is 326. The van der Waals surface area contributed by atoms with Gasteiger partial charge in [0.25, 0.3) is 0 Å². The molecule has 2 aliphatic heterocycles. The van der Waals surface area contributed by atoms with Crippen molar-refractivity contribution in [2.75, 3.05) is 26.4 Å². The molecule has 3 aliphatic rings. The highest BCUT2D eigenvalue weighted by Gasteiger charge is 2.41. The average Bonchev–Trinajstić information content (AvgIpc) is 3.32. The number of carbonyl (C=O) groups excluding carboxylic acids is 2. The summed E-state index contributed by atoms with van der Waals surface area (Å²) in [6.07, 6.45) is 2.37. The Morgan fingerprint density at radius 1 is 0.895 bits per heavy atom. The lowest BCUT2D eigenvalue weighted by Gasteiger charge is -2.16. The summed E-state index contributed by atoms with van der Waals surface area (Å²) in [5.74, 6) is -1.30. The third kappa shape index (κ3) is 3.45. The zero-order valence-corrected chi connectivity index (χ0v) is 10.7. The highest BCUT2D eigenvalue weighted by Crippen LogP contribution is 2.34. The maximum atomic E-state index is 11.9. The van der Waals surface area contributed by atoms with E-state index in [-0.39, 0.29) is 36.0 Å². The summed E-state index contributed by atoms with van der Waals surface area (Å²) in [4.78, 5) is 23.9. The van der Waals surface area contributed by atoms with Gasteiger partial charge in [0.05, 0.1) is 25.0 Å². The molecule has 19 heavy (non-hydrogen) atoms. The van der Waals surface area contributed by atoms with Crippen molar-refractivity contribution >= 4 is 11.9 Å². The Balaban J connectivity index is 1.47. The molecule has 1 saturated carbocycles. The molecular formula is C13H18O6. The number of hydrogen-bond acceptors (Lipinski definition) is 6. The minimum atomic E-state index is -0.355. The van der Waals surface area contributed by atoms with Crippen LogP contribution in [0.15, 0.2) is 0 Å². The minimum Gasteiger partial charge on any atom is -0.463 e. The van der Waals surface area contributed by atoms with Gasteiger partial charge >= 0.3 is 11.9 Å². The topological polar surface area (TPSA) is 77.7 Å². The highest BCUT2D eigenvalue weighted by molar-refractivity contribution is 5.82. The van der Waals surface area contributed by atoms with Crippen LogP contribution in [0.3, 0.4) is 0 Å². The number of carbonyl (C=O) groups is 2. The quantitative estimate of drug-likeness (QED) is 0.510. The molecule has 4 atom stereocenters. The molecule has 0 N–H and O–H groups in total. The van der Waals surface area contributed by atoms with Crippen LogP contribution in [0.1, 0.15) is 19.3 Å². The lowest BCUT2D eigenvalue weighted by Crippen LogP contribution is -2.30. The van der Waals surface area contributed by atoms with Crippen molar-refractivity contribution in [1.29, 1.82) is 0 Å². The van der Waals surface area contributed by atoms with E-state index < -0.39 is 0 Å². The van der Waals surface area contributed by atoms with Gasteiger partial charge in [-0.2, -0.15) is 0 Å². The van der Waals surface area contributed by atoms with E-state index in [1.54, 1.807) is 0 Å². The molecule has 0 bridgehead atoms. The van der Waals surface area contributed by atoms with E-state index in [2.05, 4.69) is 0 Å². The number of ether oxygens (including phenoxy) is 4. The van der Waals surface area contributed by atoms with E-state index in [0.717, 1.165) is 6.42 Å². The smallest absolute Gasteiger partial charge is 0.309 e. The van der Waals surface area contributed by atoms with Gasteiger partial charge in [-0.25, -0.2) is 0 Å². The molecule has 2 heterocycles. The van der Waals surface area contributed by atoms with Gasteiger partial charge in [-0.05, 0) is 12.8 Å². The van der Waals surface area contributed by atoms with Crippen molar-refractivity contribution in [2.45, 2.75) is 31.5 Å². The normalized spacial score (nSPS) is 35.8. The maximum absolute atomic E-state index is 11.9. The average molecular weight is 270 g/mol. The van der Waals surface area contributed by atoms with E-state index in [1.165, 1.54) is 0 Å². The van der Waals surface area contributed by atoms with Crippen molar-refractivity contribution in [2.24, 2.45) is 11.8 Å². The van der Waals surface area contributed by atoms with Crippen LogP contribution < -0.4 is 0 Å². The van der Waals surface area contributed by atoms with Gasteiger partial charge in [0.2, 0.25) is 0 Å². The van der Waals surface area contributed by atoms with Gasteiger partial charge in [0.1, 0.15) is 25.4 Å². The number of epoxide rings is 2. The van der Waals surface area contributed by atoms with Gasteiger partial charge in [0, 0.05) is 0 Å². The molecule has 2 saturated heterocycles. The Labute approximate surface area is 111 Å². The van der Waals surface area contributed by atoms with Gasteiger partial charge in [0.15, 0.2) is 0 Å². The van der Waals surface area contributed by atoms with Crippen LogP contribution in [-0.2, 0) is 28.5 Å².